The van der Waals surface area contributed by atoms with E-state index in [0.29, 0.717) is 0 Å². The van der Waals surface area contributed by atoms with Gasteiger partial charge in [-0.25, -0.2) is 0 Å². The summed E-state index contributed by atoms with van der Waals surface area (Å²) >= 11 is 7.05. The highest BCUT2D eigenvalue weighted by atomic mass is 79.9. The molecular weight excluding hydrogens is 356 g/mol. The van der Waals surface area contributed by atoms with Gasteiger partial charge in [-0.15, -0.1) is 0 Å². The van der Waals surface area contributed by atoms with Crippen molar-refractivity contribution < 1.29 is 0 Å². The van der Waals surface area contributed by atoms with Crippen molar-refractivity contribution in [3.05, 3.63) is 64.0 Å². The molecule has 2 aromatic rings. The van der Waals surface area contributed by atoms with Crippen molar-refractivity contribution in [2.75, 3.05) is 0 Å². The molecule has 0 saturated heterocycles. The van der Waals surface area contributed by atoms with Gasteiger partial charge in [0.25, 0.3) is 0 Å². The van der Waals surface area contributed by atoms with E-state index in [9.17, 15) is 0 Å². The standard InChI is InChI=1S/C14H13Br2Si/c1-17(2,13-7-3-5-11(15)9-13)14-8-4-6-12(16)10-14/h3-10H,1H2,2H3/q+1. The molecule has 2 rings (SSSR count). The molecule has 0 fully saturated rings. The maximum atomic E-state index is 4.49. The number of hydrogen-bond acceptors (Lipinski definition) is 0. The van der Waals surface area contributed by atoms with Gasteiger partial charge in [-0.05, 0) is 41.2 Å². The zero-order valence-electron chi connectivity index (χ0n) is 9.58. The summed E-state index contributed by atoms with van der Waals surface area (Å²) in [7, 11) is -1.83. The molecule has 0 saturated carbocycles. The Morgan fingerprint density at radius 1 is 0.882 bits per heavy atom. The van der Waals surface area contributed by atoms with E-state index in [1.54, 1.807) is 0 Å². The van der Waals surface area contributed by atoms with Crippen molar-refractivity contribution in [3.8, 4) is 0 Å². The molecule has 0 heterocycles. The molecule has 0 aliphatic heterocycles. The number of benzene rings is 2. The third kappa shape index (κ3) is 2.84. The van der Waals surface area contributed by atoms with Gasteiger partial charge >= 0.3 is 8.07 Å². The molecule has 17 heavy (non-hydrogen) atoms. The SMILES string of the molecule is [CH2+][Si](C)(c1cccc(Br)c1)c1cccc(Br)c1. The molecule has 0 nitrogen and oxygen atoms in total. The molecule has 0 aliphatic carbocycles. The summed E-state index contributed by atoms with van der Waals surface area (Å²) in [6.07, 6.45) is 0. The molecule has 0 spiro atoms. The van der Waals surface area contributed by atoms with Crippen molar-refractivity contribution in [2.45, 2.75) is 6.55 Å². The zero-order valence-corrected chi connectivity index (χ0v) is 13.8. The van der Waals surface area contributed by atoms with Gasteiger partial charge in [-0.3, -0.25) is 0 Å². The third-order valence-electron chi connectivity index (χ3n) is 2.92. The van der Waals surface area contributed by atoms with Crippen LogP contribution in [0.4, 0.5) is 0 Å². The second kappa shape index (κ2) is 5.00. The summed E-state index contributed by atoms with van der Waals surface area (Å²) in [6, 6.07) is 17.0. The van der Waals surface area contributed by atoms with Crippen molar-refractivity contribution in [1.82, 2.24) is 0 Å². The first-order valence-electron chi connectivity index (χ1n) is 5.37. The Labute approximate surface area is 120 Å². The first-order valence-corrected chi connectivity index (χ1v) is 9.67. The predicted molar refractivity (Wildman–Crippen MR) is 84.5 cm³/mol. The average molecular weight is 369 g/mol. The van der Waals surface area contributed by atoms with Gasteiger partial charge in [-0.2, -0.15) is 0 Å². The highest BCUT2D eigenvalue weighted by molar-refractivity contribution is 9.10. The monoisotopic (exact) mass is 367 g/mol. The average Bonchev–Trinajstić information content (AvgIpc) is 2.29. The molecule has 2 aromatic carbocycles. The highest BCUT2D eigenvalue weighted by Gasteiger charge is 2.36. The first-order chi connectivity index (χ1) is 8.00. The maximum absolute atomic E-state index is 4.49. The molecule has 86 valence electrons. The van der Waals surface area contributed by atoms with Crippen LogP contribution in [0.3, 0.4) is 0 Å². The Morgan fingerprint density at radius 2 is 1.29 bits per heavy atom. The minimum atomic E-state index is -1.83. The van der Waals surface area contributed by atoms with E-state index in [0.717, 1.165) is 8.95 Å². The number of rotatable bonds is 2. The molecule has 3 heteroatoms. The maximum Gasteiger partial charge on any atom is 0.326 e. The molecule has 0 N–H and O–H groups in total. The van der Waals surface area contributed by atoms with E-state index in [-0.39, 0.29) is 0 Å². The lowest BCUT2D eigenvalue weighted by Crippen LogP contribution is -2.53. The van der Waals surface area contributed by atoms with Crippen LogP contribution >= 0.6 is 31.9 Å². The van der Waals surface area contributed by atoms with Crippen LogP contribution in [-0.2, 0) is 0 Å². The minimum absolute atomic E-state index is 1.12. The molecular formula is C14H13Br2Si+. The Morgan fingerprint density at radius 3 is 1.65 bits per heavy atom. The van der Waals surface area contributed by atoms with Gasteiger partial charge in [0, 0.05) is 15.5 Å². The van der Waals surface area contributed by atoms with Gasteiger partial charge < -0.3 is 0 Å². The molecule has 0 aliphatic rings. The van der Waals surface area contributed by atoms with Crippen molar-refractivity contribution in [1.29, 1.82) is 0 Å². The minimum Gasteiger partial charge on any atom is -0.0611 e. The summed E-state index contributed by atoms with van der Waals surface area (Å²) in [5.41, 5.74) is 0. The summed E-state index contributed by atoms with van der Waals surface area (Å²) in [5.74, 6) is 0. The Balaban J connectivity index is 2.49. The Kier molecular flexibility index (Phi) is 3.81. The summed E-state index contributed by atoms with van der Waals surface area (Å²) < 4.78 is 2.24. The fraction of sp³-hybridized carbons (Fsp3) is 0.0714. The second-order valence-electron chi connectivity index (χ2n) is 4.35. The Hall–Kier alpha value is -0.513. The Bertz CT molecular complexity index is 488. The highest BCUT2D eigenvalue weighted by Crippen LogP contribution is 2.13. The number of halogens is 2. The van der Waals surface area contributed by atoms with Crippen molar-refractivity contribution in [2.24, 2.45) is 0 Å². The molecule has 0 aromatic heterocycles. The molecule has 0 radical (unpaired) electrons. The smallest absolute Gasteiger partial charge is 0.0611 e. The van der Waals surface area contributed by atoms with E-state index in [1.165, 1.54) is 10.4 Å². The van der Waals surface area contributed by atoms with Gasteiger partial charge in [0.05, 0.1) is 0 Å². The van der Waals surface area contributed by atoms with Gasteiger partial charge in [-0.1, -0.05) is 56.1 Å². The van der Waals surface area contributed by atoms with Crippen LogP contribution in [0.1, 0.15) is 0 Å². The third-order valence-corrected chi connectivity index (χ3v) is 7.08. The van der Waals surface area contributed by atoms with E-state index in [1.807, 2.05) is 0 Å². The normalized spacial score (nSPS) is 11.5. The van der Waals surface area contributed by atoms with Crippen LogP contribution in [0.25, 0.3) is 0 Å². The largest absolute Gasteiger partial charge is 0.326 e. The van der Waals surface area contributed by atoms with Crippen LogP contribution in [0.15, 0.2) is 57.5 Å². The first kappa shape index (κ1) is 12.9. The van der Waals surface area contributed by atoms with Crippen LogP contribution in [0.5, 0.6) is 0 Å². The van der Waals surface area contributed by atoms with Crippen LogP contribution in [0, 0.1) is 6.55 Å². The molecule has 0 bridgehead atoms. The topological polar surface area (TPSA) is 0 Å². The summed E-state index contributed by atoms with van der Waals surface area (Å²) in [4.78, 5) is 0. The zero-order chi connectivity index (χ0) is 12.5. The van der Waals surface area contributed by atoms with Crippen LogP contribution < -0.4 is 10.4 Å². The van der Waals surface area contributed by atoms with E-state index in [4.69, 9.17) is 0 Å². The number of hydrogen-bond donors (Lipinski definition) is 0. The summed E-state index contributed by atoms with van der Waals surface area (Å²) in [5, 5.41) is 2.68. The van der Waals surface area contributed by atoms with Gasteiger partial charge in [0.2, 0.25) is 0 Å². The molecule has 0 amide bonds. The van der Waals surface area contributed by atoms with Crippen LogP contribution in [-0.4, -0.2) is 8.07 Å². The molecule has 0 atom stereocenters. The summed E-state index contributed by atoms with van der Waals surface area (Å²) in [6.45, 7) is 6.76. The lowest BCUT2D eigenvalue weighted by atomic mass is 10.4. The van der Waals surface area contributed by atoms with E-state index < -0.39 is 8.07 Å². The quantitative estimate of drug-likeness (QED) is 0.559. The van der Waals surface area contributed by atoms with Crippen molar-refractivity contribution >= 4 is 50.3 Å². The van der Waals surface area contributed by atoms with Gasteiger partial charge in [0.1, 0.15) is 0 Å². The predicted octanol–water partition coefficient (Wildman–Crippen LogP) is 3.78. The van der Waals surface area contributed by atoms with E-state index in [2.05, 4.69) is 93.5 Å². The lowest BCUT2D eigenvalue weighted by Gasteiger charge is -2.15. The second-order valence-corrected chi connectivity index (χ2v) is 10.0. The fourth-order valence-corrected chi connectivity index (χ4v) is 5.26. The molecule has 0 unspecified atom stereocenters. The van der Waals surface area contributed by atoms with Crippen molar-refractivity contribution in [3.63, 3.8) is 0 Å². The lowest BCUT2D eigenvalue weighted by molar-refractivity contribution is 1.64. The fourth-order valence-electron chi connectivity index (χ4n) is 1.83. The van der Waals surface area contributed by atoms with E-state index >= 15 is 0 Å². The van der Waals surface area contributed by atoms with Crippen LogP contribution in [0.2, 0.25) is 6.55 Å². The van der Waals surface area contributed by atoms with Gasteiger partial charge in [0.15, 0.2) is 0 Å².